The summed E-state index contributed by atoms with van der Waals surface area (Å²) in [5.74, 6) is 0.643. The average Bonchev–Trinajstić information content (AvgIpc) is 2.31. The Labute approximate surface area is 113 Å². The van der Waals surface area contributed by atoms with Crippen LogP contribution in [0.4, 0.5) is 0 Å². The first-order valence-corrected chi connectivity index (χ1v) is 6.72. The van der Waals surface area contributed by atoms with Gasteiger partial charge in [-0.15, -0.1) is 0 Å². The molecule has 0 heterocycles. The number of hydrogen-bond donors (Lipinski definition) is 1. The molecule has 1 atom stereocenters. The molecule has 0 saturated carbocycles. The first-order valence-electron chi connectivity index (χ1n) is 5.96. The van der Waals surface area contributed by atoms with Crippen molar-refractivity contribution in [3.8, 4) is 5.75 Å². The van der Waals surface area contributed by atoms with Gasteiger partial charge in [0, 0.05) is 6.54 Å². The van der Waals surface area contributed by atoms with Crippen LogP contribution in [0.3, 0.4) is 0 Å². The minimum atomic E-state index is 0.0721. The average molecular weight is 276 g/mol. The van der Waals surface area contributed by atoms with Crippen LogP contribution >= 0.6 is 23.2 Å². The highest BCUT2D eigenvalue weighted by molar-refractivity contribution is 6.42. The van der Waals surface area contributed by atoms with E-state index in [0.29, 0.717) is 15.8 Å². The van der Waals surface area contributed by atoms with E-state index in [2.05, 4.69) is 12.2 Å². The topological polar surface area (TPSA) is 21.3 Å². The molecule has 0 amide bonds. The Morgan fingerprint density at radius 1 is 1.35 bits per heavy atom. The fraction of sp³-hybridized carbons (Fsp3) is 0.538. The molecular weight excluding hydrogens is 257 g/mol. The third-order valence-electron chi connectivity index (χ3n) is 2.38. The van der Waals surface area contributed by atoms with Crippen molar-refractivity contribution < 1.29 is 4.74 Å². The van der Waals surface area contributed by atoms with Crippen LogP contribution in [-0.4, -0.2) is 19.2 Å². The Morgan fingerprint density at radius 2 is 2.12 bits per heavy atom. The zero-order valence-corrected chi connectivity index (χ0v) is 11.8. The molecule has 0 saturated heterocycles. The Balaban J connectivity index is 2.39. The van der Waals surface area contributed by atoms with Crippen LogP contribution in [0.15, 0.2) is 18.2 Å². The largest absolute Gasteiger partial charge is 0.488 e. The highest BCUT2D eigenvalue weighted by Gasteiger charge is 2.09. The summed E-state index contributed by atoms with van der Waals surface area (Å²) in [5.41, 5.74) is 0. The van der Waals surface area contributed by atoms with Gasteiger partial charge in [-0.25, -0.2) is 0 Å². The maximum absolute atomic E-state index is 6.04. The normalized spacial score (nSPS) is 12.5. The van der Waals surface area contributed by atoms with Gasteiger partial charge < -0.3 is 10.1 Å². The summed E-state index contributed by atoms with van der Waals surface area (Å²) in [4.78, 5) is 0. The second-order valence-corrected chi connectivity index (χ2v) is 4.82. The Bertz CT molecular complexity index is 344. The van der Waals surface area contributed by atoms with Gasteiger partial charge in [0.15, 0.2) is 0 Å². The molecule has 0 aromatic heterocycles. The number of rotatable bonds is 7. The molecule has 0 fully saturated rings. The van der Waals surface area contributed by atoms with Gasteiger partial charge in [-0.3, -0.25) is 0 Å². The lowest BCUT2D eigenvalue weighted by molar-refractivity contribution is 0.217. The second-order valence-electron chi connectivity index (χ2n) is 4.04. The molecular formula is C13H19Cl2NO. The molecule has 0 spiro atoms. The maximum Gasteiger partial charge on any atom is 0.139 e. The Hall–Kier alpha value is -0.440. The summed E-state index contributed by atoms with van der Waals surface area (Å²) in [6.45, 7) is 6.01. The third kappa shape index (κ3) is 5.15. The van der Waals surface area contributed by atoms with Crippen molar-refractivity contribution in [2.45, 2.75) is 32.8 Å². The zero-order valence-electron chi connectivity index (χ0n) is 10.3. The van der Waals surface area contributed by atoms with Crippen molar-refractivity contribution in [3.05, 3.63) is 28.2 Å². The highest BCUT2D eigenvalue weighted by atomic mass is 35.5. The number of nitrogens with one attached hydrogen (secondary N) is 1. The lowest BCUT2D eigenvalue weighted by Crippen LogP contribution is -2.29. The van der Waals surface area contributed by atoms with Gasteiger partial charge in [-0.2, -0.15) is 0 Å². The van der Waals surface area contributed by atoms with Crippen molar-refractivity contribution in [3.63, 3.8) is 0 Å². The molecule has 0 bridgehead atoms. The molecule has 17 heavy (non-hydrogen) atoms. The van der Waals surface area contributed by atoms with E-state index in [4.69, 9.17) is 27.9 Å². The number of hydrogen-bond acceptors (Lipinski definition) is 2. The first kappa shape index (κ1) is 14.6. The van der Waals surface area contributed by atoms with Crippen LogP contribution < -0.4 is 10.1 Å². The molecule has 0 radical (unpaired) electrons. The van der Waals surface area contributed by atoms with E-state index in [0.717, 1.165) is 13.1 Å². The molecule has 0 aliphatic carbocycles. The van der Waals surface area contributed by atoms with Crippen molar-refractivity contribution in [1.29, 1.82) is 0 Å². The summed E-state index contributed by atoms with van der Waals surface area (Å²) in [7, 11) is 0. The molecule has 1 aromatic rings. The molecule has 0 aliphatic heterocycles. The van der Waals surface area contributed by atoms with Gasteiger partial charge in [-0.05, 0) is 32.0 Å². The minimum absolute atomic E-state index is 0.0721. The number of benzene rings is 1. The van der Waals surface area contributed by atoms with E-state index in [9.17, 15) is 0 Å². The van der Waals surface area contributed by atoms with E-state index in [1.807, 2.05) is 19.1 Å². The van der Waals surface area contributed by atoms with E-state index in [-0.39, 0.29) is 6.10 Å². The molecule has 96 valence electrons. The van der Waals surface area contributed by atoms with E-state index in [1.165, 1.54) is 12.8 Å². The number of unbranched alkanes of at least 4 members (excludes halogenated alkanes) is 1. The predicted molar refractivity (Wildman–Crippen MR) is 74.3 cm³/mol. The molecule has 2 nitrogen and oxygen atoms in total. The Kier molecular flexibility index (Phi) is 6.71. The SMILES string of the molecule is CCCCNCC(C)Oc1cccc(Cl)c1Cl. The molecule has 0 aliphatic rings. The third-order valence-corrected chi connectivity index (χ3v) is 3.18. The molecule has 4 heteroatoms. The van der Waals surface area contributed by atoms with E-state index >= 15 is 0 Å². The Morgan fingerprint density at radius 3 is 2.82 bits per heavy atom. The van der Waals surface area contributed by atoms with Crippen LogP contribution in [0.5, 0.6) is 5.75 Å². The van der Waals surface area contributed by atoms with Crippen molar-refractivity contribution in [1.82, 2.24) is 5.32 Å². The van der Waals surface area contributed by atoms with Gasteiger partial charge in [0.05, 0.1) is 5.02 Å². The van der Waals surface area contributed by atoms with Crippen LogP contribution in [-0.2, 0) is 0 Å². The summed E-state index contributed by atoms with van der Waals surface area (Å²) in [6.07, 6.45) is 2.45. The second kappa shape index (κ2) is 7.80. The van der Waals surface area contributed by atoms with Gasteiger partial charge in [0.25, 0.3) is 0 Å². The van der Waals surface area contributed by atoms with Crippen LogP contribution in [0.2, 0.25) is 10.0 Å². The molecule has 1 rings (SSSR count). The van der Waals surface area contributed by atoms with E-state index < -0.39 is 0 Å². The maximum atomic E-state index is 6.04. The number of halogens is 2. The summed E-state index contributed by atoms with van der Waals surface area (Å²) >= 11 is 12.0. The summed E-state index contributed by atoms with van der Waals surface area (Å²) < 4.78 is 5.73. The monoisotopic (exact) mass is 275 g/mol. The predicted octanol–water partition coefficient (Wildman–Crippen LogP) is 4.15. The highest BCUT2D eigenvalue weighted by Crippen LogP contribution is 2.31. The fourth-order valence-electron chi connectivity index (χ4n) is 1.44. The smallest absolute Gasteiger partial charge is 0.139 e. The fourth-order valence-corrected chi connectivity index (χ4v) is 1.78. The van der Waals surface area contributed by atoms with Crippen LogP contribution in [0.25, 0.3) is 0 Å². The van der Waals surface area contributed by atoms with Gasteiger partial charge >= 0.3 is 0 Å². The minimum Gasteiger partial charge on any atom is -0.488 e. The van der Waals surface area contributed by atoms with Crippen LogP contribution in [0, 0.1) is 0 Å². The molecule has 1 unspecified atom stereocenters. The first-order chi connectivity index (χ1) is 8.15. The standard InChI is InChI=1S/C13H19Cl2NO/c1-3-4-8-16-9-10(2)17-12-7-5-6-11(14)13(12)15/h5-7,10,16H,3-4,8-9H2,1-2H3. The number of ether oxygens (including phenoxy) is 1. The molecule has 1 aromatic carbocycles. The van der Waals surface area contributed by atoms with Gasteiger partial charge in [-0.1, -0.05) is 42.6 Å². The van der Waals surface area contributed by atoms with Crippen molar-refractivity contribution in [2.24, 2.45) is 0 Å². The zero-order chi connectivity index (χ0) is 12.7. The molecule has 1 N–H and O–H groups in total. The lowest BCUT2D eigenvalue weighted by Gasteiger charge is -2.16. The summed E-state index contributed by atoms with van der Waals surface area (Å²) in [6, 6.07) is 5.42. The summed E-state index contributed by atoms with van der Waals surface area (Å²) in [5, 5.41) is 4.34. The lowest BCUT2D eigenvalue weighted by atomic mass is 10.3. The van der Waals surface area contributed by atoms with Crippen molar-refractivity contribution >= 4 is 23.2 Å². The quantitative estimate of drug-likeness (QED) is 0.755. The van der Waals surface area contributed by atoms with Crippen LogP contribution in [0.1, 0.15) is 26.7 Å². The van der Waals surface area contributed by atoms with Gasteiger partial charge in [0.2, 0.25) is 0 Å². The van der Waals surface area contributed by atoms with E-state index in [1.54, 1.807) is 6.07 Å². The van der Waals surface area contributed by atoms with Crippen molar-refractivity contribution in [2.75, 3.05) is 13.1 Å². The van der Waals surface area contributed by atoms with Gasteiger partial charge in [0.1, 0.15) is 16.9 Å².